The smallest absolute Gasteiger partial charge is 0.227 e. The van der Waals surface area contributed by atoms with Crippen molar-refractivity contribution in [1.29, 1.82) is 0 Å². The lowest BCUT2D eigenvalue weighted by molar-refractivity contribution is 0.302. The third-order valence-electron chi connectivity index (χ3n) is 10.4. The molecule has 296 valence electrons. The highest BCUT2D eigenvalue weighted by atomic mass is 16.5. The predicted molar refractivity (Wildman–Crippen MR) is 228 cm³/mol. The van der Waals surface area contributed by atoms with Gasteiger partial charge in [-0.1, -0.05) is 155 Å². The molecule has 1 heterocycles. The highest BCUT2D eigenvalue weighted by Gasteiger charge is 2.10. The number of hydrogen-bond donors (Lipinski definition) is 1. The van der Waals surface area contributed by atoms with E-state index in [2.05, 4.69) is 18.8 Å². The van der Waals surface area contributed by atoms with Crippen molar-refractivity contribution in [2.45, 2.75) is 168 Å². The van der Waals surface area contributed by atoms with Gasteiger partial charge in [-0.2, -0.15) is 0 Å². The van der Waals surface area contributed by atoms with Crippen LogP contribution in [-0.4, -0.2) is 29.5 Å². The molecule has 0 aliphatic rings. The molecule has 0 aliphatic heterocycles. The summed E-state index contributed by atoms with van der Waals surface area (Å²) in [6.07, 6.45) is 33.6. The van der Waals surface area contributed by atoms with E-state index in [1.165, 1.54) is 141 Å². The van der Waals surface area contributed by atoms with Crippen LogP contribution >= 0.6 is 0 Å². The molecule has 4 rings (SSSR count). The van der Waals surface area contributed by atoms with Gasteiger partial charge in [0.25, 0.3) is 0 Å². The van der Waals surface area contributed by atoms with Crippen LogP contribution in [0, 0.1) is 0 Å². The summed E-state index contributed by atoms with van der Waals surface area (Å²) in [5.74, 6) is 2.27. The van der Waals surface area contributed by atoms with Gasteiger partial charge in [-0.25, -0.2) is 4.98 Å². The molecule has 4 aromatic rings. The lowest BCUT2D eigenvalue weighted by atomic mass is 10.0. The number of aromatic nitrogens is 1. The fourth-order valence-corrected chi connectivity index (χ4v) is 6.95. The molecule has 0 fully saturated rings. The maximum Gasteiger partial charge on any atom is 0.227 e. The summed E-state index contributed by atoms with van der Waals surface area (Å²) in [7, 11) is 0. The summed E-state index contributed by atoms with van der Waals surface area (Å²) in [5.41, 5.74) is 3.70. The van der Waals surface area contributed by atoms with Crippen LogP contribution in [0.15, 0.2) is 70.1 Å². The van der Waals surface area contributed by atoms with Crippen LogP contribution in [0.5, 0.6) is 17.2 Å². The first-order valence-corrected chi connectivity index (χ1v) is 21.8. The molecule has 54 heavy (non-hydrogen) atoms. The molecule has 6 heteroatoms. The van der Waals surface area contributed by atoms with Gasteiger partial charge in [0.15, 0.2) is 5.58 Å². The van der Waals surface area contributed by atoms with E-state index < -0.39 is 0 Å². The number of benzene rings is 3. The zero-order chi connectivity index (χ0) is 37.9. The molecule has 0 amide bonds. The highest BCUT2D eigenvalue weighted by Crippen LogP contribution is 2.29. The molecule has 1 aromatic heterocycles. The Morgan fingerprint density at radius 3 is 1.56 bits per heavy atom. The second-order valence-corrected chi connectivity index (χ2v) is 15.1. The van der Waals surface area contributed by atoms with Crippen LogP contribution in [0.3, 0.4) is 0 Å². The number of aliphatic imine (C=N–C) groups is 1. The van der Waals surface area contributed by atoms with Crippen molar-refractivity contribution in [3.8, 4) is 28.7 Å². The van der Waals surface area contributed by atoms with Gasteiger partial charge in [0.1, 0.15) is 22.8 Å². The Kier molecular flexibility index (Phi) is 21.4. The molecular weight excluding hydrogens is 669 g/mol. The minimum absolute atomic E-state index is 0.151. The average Bonchev–Trinajstić information content (AvgIpc) is 3.62. The van der Waals surface area contributed by atoms with E-state index in [1.54, 1.807) is 12.3 Å². The lowest BCUT2D eigenvalue weighted by Crippen LogP contribution is -1.97. The zero-order valence-corrected chi connectivity index (χ0v) is 33.8. The lowest BCUT2D eigenvalue weighted by Gasteiger charge is -2.08. The van der Waals surface area contributed by atoms with E-state index >= 15 is 0 Å². The Morgan fingerprint density at radius 1 is 0.556 bits per heavy atom. The molecule has 0 unspecified atom stereocenters. The van der Waals surface area contributed by atoms with Gasteiger partial charge in [0.2, 0.25) is 5.89 Å². The van der Waals surface area contributed by atoms with Crippen LogP contribution in [0.4, 0.5) is 5.69 Å². The maximum absolute atomic E-state index is 10.6. The number of ether oxygens (including phenoxy) is 2. The summed E-state index contributed by atoms with van der Waals surface area (Å²) in [6.45, 7) is 5.97. The minimum atomic E-state index is 0.151. The number of rotatable bonds is 31. The van der Waals surface area contributed by atoms with Crippen LogP contribution in [-0.2, 0) is 0 Å². The van der Waals surface area contributed by atoms with Crippen molar-refractivity contribution in [3.63, 3.8) is 0 Å². The summed E-state index contributed by atoms with van der Waals surface area (Å²) in [6, 6.07) is 19.0. The fourth-order valence-electron chi connectivity index (χ4n) is 6.95. The standard InChI is InChI=1S/C48H70N2O4/c1-3-5-7-9-11-13-15-16-17-18-20-22-24-26-36-53-44-33-29-41(46(51)38-44)39-49-42-30-34-47-45(37-42)50-48(54-47)40-27-31-43(32-28-40)52-35-25-23-21-19-14-12-10-8-6-4-2/h27-34,37-39,51H,3-26,35-36H2,1-2H3. The first-order chi connectivity index (χ1) is 26.7. The van der Waals surface area contributed by atoms with Crippen LogP contribution in [0.25, 0.3) is 22.6 Å². The number of phenolic OH excluding ortho intramolecular Hbond substituents is 1. The molecule has 6 nitrogen and oxygen atoms in total. The molecular formula is C48H70N2O4. The van der Waals surface area contributed by atoms with Crippen LogP contribution in [0.2, 0.25) is 0 Å². The highest BCUT2D eigenvalue weighted by molar-refractivity contribution is 5.87. The van der Waals surface area contributed by atoms with Gasteiger partial charge in [-0.3, -0.25) is 4.99 Å². The minimum Gasteiger partial charge on any atom is -0.507 e. The van der Waals surface area contributed by atoms with E-state index in [1.807, 2.05) is 54.6 Å². The molecule has 1 N–H and O–H groups in total. The summed E-state index contributed by atoms with van der Waals surface area (Å²) < 4.78 is 18.0. The molecule has 0 saturated carbocycles. The molecule has 0 radical (unpaired) electrons. The van der Waals surface area contributed by atoms with Gasteiger partial charge < -0.3 is 19.0 Å². The topological polar surface area (TPSA) is 77.1 Å². The van der Waals surface area contributed by atoms with Gasteiger partial charge in [0.05, 0.1) is 18.9 Å². The second kappa shape index (κ2) is 26.9. The van der Waals surface area contributed by atoms with E-state index in [4.69, 9.17) is 18.9 Å². The van der Waals surface area contributed by atoms with Crippen molar-refractivity contribution in [1.82, 2.24) is 4.98 Å². The Morgan fingerprint density at radius 2 is 1.04 bits per heavy atom. The third kappa shape index (κ3) is 17.1. The van der Waals surface area contributed by atoms with E-state index in [0.717, 1.165) is 42.0 Å². The van der Waals surface area contributed by atoms with E-state index in [9.17, 15) is 5.11 Å². The number of unbranched alkanes of at least 4 members (excludes halogenated alkanes) is 22. The van der Waals surface area contributed by atoms with E-state index in [0.29, 0.717) is 29.4 Å². The monoisotopic (exact) mass is 739 g/mol. The Bertz CT molecular complexity index is 1580. The van der Waals surface area contributed by atoms with Gasteiger partial charge >= 0.3 is 0 Å². The van der Waals surface area contributed by atoms with Gasteiger partial charge in [-0.05, 0) is 67.4 Å². The average molecular weight is 739 g/mol. The van der Waals surface area contributed by atoms with Crippen LogP contribution in [0.1, 0.15) is 174 Å². The molecule has 0 aliphatic carbocycles. The first kappa shape index (κ1) is 42.9. The summed E-state index contributed by atoms with van der Waals surface area (Å²) >= 11 is 0. The predicted octanol–water partition coefficient (Wildman–Crippen LogP) is 15.1. The maximum atomic E-state index is 10.6. The van der Waals surface area contributed by atoms with Crippen molar-refractivity contribution in [3.05, 3.63) is 66.2 Å². The second-order valence-electron chi connectivity index (χ2n) is 15.1. The van der Waals surface area contributed by atoms with Gasteiger partial charge in [0, 0.05) is 23.4 Å². The normalized spacial score (nSPS) is 11.6. The van der Waals surface area contributed by atoms with Crippen LogP contribution < -0.4 is 9.47 Å². The number of fused-ring (bicyclic) bond motifs is 1. The number of hydrogen-bond acceptors (Lipinski definition) is 6. The van der Waals surface area contributed by atoms with Gasteiger partial charge in [-0.15, -0.1) is 0 Å². The fraction of sp³-hybridized carbons (Fsp3) is 0.583. The molecule has 3 aromatic carbocycles. The van der Waals surface area contributed by atoms with Crippen molar-refractivity contribution >= 4 is 23.0 Å². The Balaban J connectivity index is 1.10. The number of nitrogens with zero attached hydrogens (tertiary/aromatic N) is 2. The molecule has 0 atom stereocenters. The number of phenols is 1. The molecule has 0 saturated heterocycles. The SMILES string of the molecule is CCCCCCCCCCCCCCCCOc1ccc(C=Nc2ccc3oc(-c4ccc(OCCCCCCCCCCCC)cc4)nc3c2)c(O)c1. The quantitative estimate of drug-likeness (QED) is 0.0411. The molecule has 0 spiro atoms. The summed E-state index contributed by atoms with van der Waals surface area (Å²) in [4.78, 5) is 9.32. The van der Waals surface area contributed by atoms with Crippen molar-refractivity contribution < 1.29 is 19.0 Å². The third-order valence-corrected chi connectivity index (χ3v) is 10.4. The summed E-state index contributed by atoms with van der Waals surface area (Å²) in [5, 5.41) is 10.6. The molecule has 0 bridgehead atoms. The first-order valence-electron chi connectivity index (χ1n) is 21.8. The van der Waals surface area contributed by atoms with E-state index in [-0.39, 0.29) is 5.75 Å². The Hall–Kier alpha value is -3.80. The Labute approximate surface area is 327 Å². The number of oxazole rings is 1. The van der Waals surface area contributed by atoms with Crippen molar-refractivity contribution in [2.24, 2.45) is 4.99 Å². The number of aromatic hydroxyl groups is 1. The van der Waals surface area contributed by atoms with Crippen molar-refractivity contribution in [2.75, 3.05) is 13.2 Å². The largest absolute Gasteiger partial charge is 0.507 e. The zero-order valence-electron chi connectivity index (χ0n) is 33.8.